The largest absolute Gasteiger partial charge is 0.303 e. The van der Waals surface area contributed by atoms with Crippen LogP contribution in [-0.2, 0) is 10.0 Å². The van der Waals surface area contributed by atoms with E-state index in [0.29, 0.717) is 12.5 Å². The monoisotopic (exact) mass is 262 g/mol. The quantitative estimate of drug-likeness (QED) is 0.785. The molecule has 0 saturated carbocycles. The molecule has 0 bridgehead atoms. The van der Waals surface area contributed by atoms with Crippen LogP contribution in [-0.4, -0.2) is 45.8 Å². The van der Waals surface area contributed by atoms with Crippen molar-refractivity contribution in [1.29, 1.82) is 0 Å². The molecule has 0 aliphatic carbocycles. The zero-order valence-electron chi connectivity index (χ0n) is 11.3. The van der Waals surface area contributed by atoms with Crippen molar-refractivity contribution >= 4 is 10.0 Å². The fraction of sp³-hybridized carbons (Fsp3) is 1.00. The Balaban J connectivity index is 2.17. The first-order chi connectivity index (χ1) is 7.87. The van der Waals surface area contributed by atoms with Crippen LogP contribution in [0.25, 0.3) is 0 Å². The molecule has 5 heteroatoms. The number of likely N-dealkylation sites (tertiary alicyclic amines) is 1. The van der Waals surface area contributed by atoms with Gasteiger partial charge in [-0.05, 0) is 50.7 Å². The van der Waals surface area contributed by atoms with Crippen LogP contribution in [0.5, 0.6) is 0 Å². The molecule has 0 spiro atoms. The first kappa shape index (κ1) is 14.9. The summed E-state index contributed by atoms with van der Waals surface area (Å²) in [5.74, 6) is 1.28. The molecule has 0 aromatic rings. The zero-order chi connectivity index (χ0) is 12.9. The van der Waals surface area contributed by atoms with E-state index < -0.39 is 10.0 Å². The Morgan fingerprint density at radius 3 is 2.35 bits per heavy atom. The van der Waals surface area contributed by atoms with Crippen molar-refractivity contribution in [2.45, 2.75) is 33.1 Å². The van der Waals surface area contributed by atoms with Gasteiger partial charge in [-0.15, -0.1) is 0 Å². The second-order valence-corrected chi connectivity index (χ2v) is 7.42. The predicted octanol–water partition coefficient (Wildman–Crippen LogP) is 1.29. The molecular formula is C12H26N2O2S. The van der Waals surface area contributed by atoms with Gasteiger partial charge in [-0.2, -0.15) is 0 Å². The molecule has 0 aromatic carbocycles. The van der Waals surface area contributed by atoms with Crippen LogP contribution < -0.4 is 4.72 Å². The molecule has 1 fully saturated rings. The molecule has 0 amide bonds. The van der Waals surface area contributed by atoms with E-state index in [0.717, 1.165) is 31.8 Å². The third kappa shape index (κ3) is 7.01. The van der Waals surface area contributed by atoms with Gasteiger partial charge in [0.2, 0.25) is 10.0 Å². The van der Waals surface area contributed by atoms with Gasteiger partial charge in [0.1, 0.15) is 0 Å². The van der Waals surface area contributed by atoms with Crippen molar-refractivity contribution in [2.24, 2.45) is 11.8 Å². The normalized spacial score (nSPS) is 20.0. The molecule has 4 nitrogen and oxygen atoms in total. The molecular weight excluding hydrogens is 236 g/mol. The molecule has 1 heterocycles. The van der Waals surface area contributed by atoms with Crippen molar-refractivity contribution in [3.05, 3.63) is 0 Å². The first-order valence-corrected chi connectivity index (χ1v) is 8.43. The van der Waals surface area contributed by atoms with Crippen LogP contribution in [0.1, 0.15) is 33.1 Å². The van der Waals surface area contributed by atoms with E-state index in [1.165, 1.54) is 19.2 Å². The molecule has 1 aliphatic rings. The SMILES string of the molecule is CC(C)CCN1CCC(CNS(C)(=O)=O)CC1. The molecule has 0 aromatic heterocycles. The number of hydrogen-bond acceptors (Lipinski definition) is 3. The summed E-state index contributed by atoms with van der Waals surface area (Å²) in [6, 6.07) is 0. The highest BCUT2D eigenvalue weighted by Gasteiger charge is 2.19. The summed E-state index contributed by atoms with van der Waals surface area (Å²) in [6.07, 6.45) is 4.71. The lowest BCUT2D eigenvalue weighted by Crippen LogP contribution is -2.39. The van der Waals surface area contributed by atoms with Gasteiger partial charge in [0.25, 0.3) is 0 Å². The summed E-state index contributed by atoms with van der Waals surface area (Å²) in [5.41, 5.74) is 0. The molecule has 1 rings (SSSR count). The lowest BCUT2D eigenvalue weighted by Gasteiger charge is -2.32. The molecule has 0 radical (unpaired) electrons. The average molecular weight is 262 g/mol. The van der Waals surface area contributed by atoms with Crippen LogP contribution >= 0.6 is 0 Å². The smallest absolute Gasteiger partial charge is 0.208 e. The minimum absolute atomic E-state index is 0.514. The van der Waals surface area contributed by atoms with Gasteiger partial charge in [0.05, 0.1) is 6.26 Å². The van der Waals surface area contributed by atoms with Crippen LogP contribution in [0.15, 0.2) is 0 Å². The van der Waals surface area contributed by atoms with E-state index in [9.17, 15) is 8.42 Å². The Bertz CT molecular complexity index is 306. The molecule has 0 unspecified atom stereocenters. The Labute approximate surface area is 106 Å². The van der Waals surface area contributed by atoms with Crippen molar-refractivity contribution in [1.82, 2.24) is 9.62 Å². The van der Waals surface area contributed by atoms with Crippen molar-refractivity contribution in [3.63, 3.8) is 0 Å². The Morgan fingerprint density at radius 2 is 1.88 bits per heavy atom. The maximum atomic E-state index is 11.0. The van der Waals surface area contributed by atoms with Crippen LogP contribution in [0, 0.1) is 11.8 Å². The maximum absolute atomic E-state index is 11.0. The summed E-state index contributed by atoms with van der Waals surface area (Å²) in [6.45, 7) is 8.53. The minimum atomic E-state index is -3.02. The van der Waals surface area contributed by atoms with E-state index in [2.05, 4.69) is 23.5 Å². The van der Waals surface area contributed by atoms with Gasteiger partial charge in [0, 0.05) is 6.54 Å². The lowest BCUT2D eigenvalue weighted by atomic mass is 9.96. The summed E-state index contributed by atoms with van der Waals surface area (Å²) in [5, 5.41) is 0. The van der Waals surface area contributed by atoms with Crippen molar-refractivity contribution in [3.8, 4) is 0 Å². The van der Waals surface area contributed by atoms with E-state index in [1.54, 1.807) is 0 Å². The summed E-state index contributed by atoms with van der Waals surface area (Å²) < 4.78 is 24.6. The predicted molar refractivity (Wildman–Crippen MR) is 71.5 cm³/mol. The van der Waals surface area contributed by atoms with Crippen molar-refractivity contribution < 1.29 is 8.42 Å². The average Bonchev–Trinajstić information content (AvgIpc) is 2.24. The topological polar surface area (TPSA) is 49.4 Å². The Morgan fingerprint density at radius 1 is 1.29 bits per heavy atom. The van der Waals surface area contributed by atoms with Gasteiger partial charge in [0.15, 0.2) is 0 Å². The first-order valence-electron chi connectivity index (χ1n) is 6.54. The summed E-state index contributed by atoms with van der Waals surface area (Å²) in [7, 11) is -3.02. The number of sulfonamides is 1. The van der Waals surface area contributed by atoms with Gasteiger partial charge in [-0.1, -0.05) is 13.8 Å². The summed E-state index contributed by atoms with van der Waals surface area (Å²) >= 11 is 0. The number of nitrogens with one attached hydrogen (secondary N) is 1. The summed E-state index contributed by atoms with van der Waals surface area (Å²) in [4.78, 5) is 2.50. The Hall–Kier alpha value is -0.130. The maximum Gasteiger partial charge on any atom is 0.208 e. The molecule has 1 saturated heterocycles. The molecule has 17 heavy (non-hydrogen) atoms. The highest BCUT2D eigenvalue weighted by atomic mass is 32.2. The zero-order valence-corrected chi connectivity index (χ0v) is 12.1. The van der Waals surface area contributed by atoms with Crippen molar-refractivity contribution in [2.75, 3.05) is 32.4 Å². The van der Waals surface area contributed by atoms with Crippen LogP contribution in [0.4, 0.5) is 0 Å². The molecule has 1 N–H and O–H groups in total. The van der Waals surface area contributed by atoms with Crippen LogP contribution in [0.2, 0.25) is 0 Å². The Kier molecular flexibility index (Phi) is 5.89. The highest BCUT2D eigenvalue weighted by Crippen LogP contribution is 2.17. The fourth-order valence-electron chi connectivity index (χ4n) is 2.12. The third-order valence-corrected chi connectivity index (χ3v) is 4.06. The van der Waals surface area contributed by atoms with Gasteiger partial charge >= 0.3 is 0 Å². The molecule has 0 atom stereocenters. The number of rotatable bonds is 6. The van der Waals surface area contributed by atoms with Gasteiger partial charge in [-0.25, -0.2) is 13.1 Å². The van der Waals surface area contributed by atoms with Gasteiger partial charge < -0.3 is 4.90 Å². The number of nitrogens with zero attached hydrogens (tertiary/aromatic N) is 1. The second-order valence-electron chi connectivity index (χ2n) is 5.59. The number of hydrogen-bond donors (Lipinski definition) is 1. The van der Waals surface area contributed by atoms with E-state index in [1.807, 2.05) is 0 Å². The minimum Gasteiger partial charge on any atom is -0.303 e. The number of piperidine rings is 1. The highest BCUT2D eigenvalue weighted by molar-refractivity contribution is 7.88. The van der Waals surface area contributed by atoms with E-state index in [-0.39, 0.29) is 0 Å². The van der Waals surface area contributed by atoms with Crippen LogP contribution in [0.3, 0.4) is 0 Å². The fourth-order valence-corrected chi connectivity index (χ4v) is 2.66. The lowest BCUT2D eigenvalue weighted by molar-refractivity contribution is 0.178. The second kappa shape index (κ2) is 6.71. The third-order valence-electron chi connectivity index (χ3n) is 3.36. The molecule has 1 aliphatic heterocycles. The van der Waals surface area contributed by atoms with E-state index >= 15 is 0 Å². The van der Waals surface area contributed by atoms with E-state index in [4.69, 9.17) is 0 Å². The standard InChI is InChI=1S/C12H26N2O2S/c1-11(2)4-7-14-8-5-12(6-9-14)10-13-17(3,15)16/h11-13H,4-10H2,1-3H3. The van der Waals surface area contributed by atoms with Gasteiger partial charge in [-0.3, -0.25) is 0 Å². The molecule has 102 valence electrons.